The van der Waals surface area contributed by atoms with Crippen molar-refractivity contribution in [1.82, 2.24) is 25.1 Å². The maximum Gasteiger partial charge on any atom is 0.258 e. The summed E-state index contributed by atoms with van der Waals surface area (Å²) < 4.78 is 35.7. The SMILES string of the molecule is CC(C)N(C(=O)c1cc(F)ccc1Oc1cncnc1N1CC2(CCN(CC3(F)CCNCC3)CC2)C1)C(C)C.Cl. The predicted molar refractivity (Wildman–Crippen MR) is 158 cm³/mol. The fraction of sp³-hybridized carbons (Fsp3) is 0.633. The third kappa shape index (κ3) is 6.92. The first kappa shape index (κ1) is 31.4. The zero-order valence-corrected chi connectivity index (χ0v) is 25.4. The number of aromatic nitrogens is 2. The third-order valence-electron chi connectivity index (χ3n) is 8.67. The Balaban J connectivity index is 0.00000387. The number of rotatable bonds is 8. The summed E-state index contributed by atoms with van der Waals surface area (Å²) in [6, 6.07) is 3.90. The van der Waals surface area contributed by atoms with E-state index in [2.05, 4.69) is 25.1 Å². The smallest absolute Gasteiger partial charge is 0.258 e. The number of amides is 1. The number of carbonyl (C=O) groups excluding carboxylic acids is 1. The Labute approximate surface area is 248 Å². The molecule has 0 aliphatic carbocycles. The van der Waals surface area contributed by atoms with Gasteiger partial charge in [0.15, 0.2) is 11.6 Å². The average Bonchev–Trinajstić information content (AvgIpc) is 2.89. The molecule has 0 radical (unpaired) electrons. The van der Waals surface area contributed by atoms with E-state index in [1.807, 2.05) is 27.7 Å². The standard InChI is InChI=1S/C30H42F2N6O2.ClH/c1-21(2)38(22(3)4)28(39)24-15-23(31)5-6-25(24)40-26-16-34-20-35-27(26)37-17-29(18-37)9-13-36(14-10-29)19-30(32)7-11-33-12-8-30;/h5-6,15-16,20-22,33H,7-14,17-19H2,1-4H3;1H. The monoisotopic (exact) mass is 592 g/mol. The highest BCUT2D eigenvalue weighted by Gasteiger charge is 2.47. The number of halogens is 3. The minimum absolute atomic E-state index is 0. The summed E-state index contributed by atoms with van der Waals surface area (Å²) in [5.74, 6) is 0.583. The number of benzene rings is 1. The largest absolute Gasteiger partial charge is 0.451 e. The van der Waals surface area contributed by atoms with Crippen molar-refractivity contribution in [2.24, 2.45) is 5.41 Å². The van der Waals surface area contributed by atoms with Crippen molar-refractivity contribution in [3.05, 3.63) is 42.1 Å². The van der Waals surface area contributed by atoms with Gasteiger partial charge in [0.25, 0.3) is 5.91 Å². The van der Waals surface area contributed by atoms with E-state index in [0.29, 0.717) is 31.0 Å². The van der Waals surface area contributed by atoms with Gasteiger partial charge in [-0.2, -0.15) is 0 Å². The number of nitrogens with zero attached hydrogens (tertiary/aromatic N) is 5. The van der Waals surface area contributed by atoms with E-state index < -0.39 is 11.5 Å². The molecule has 1 amide bonds. The topological polar surface area (TPSA) is 73.8 Å². The molecule has 11 heteroatoms. The average molecular weight is 593 g/mol. The van der Waals surface area contributed by atoms with Crippen LogP contribution < -0.4 is 15.0 Å². The van der Waals surface area contributed by atoms with Crippen molar-refractivity contribution in [3.63, 3.8) is 0 Å². The molecule has 8 nitrogen and oxygen atoms in total. The van der Waals surface area contributed by atoms with Crippen LogP contribution in [0.5, 0.6) is 11.5 Å². The first-order chi connectivity index (χ1) is 19.1. The van der Waals surface area contributed by atoms with E-state index in [4.69, 9.17) is 4.74 Å². The normalized spacial score (nSPS) is 20.0. The van der Waals surface area contributed by atoms with Crippen LogP contribution in [-0.4, -0.2) is 89.2 Å². The quantitative estimate of drug-likeness (QED) is 0.458. The maximum absolute atomic E-state index is 15.2. The molecule has 0 bridgehead atoms. The van der Waals surface area contributed by atoms with E-state index in [1.54, 1.807) is 11.1 Å². The summed E-state index contributed by atoms with van der Waals surface area (Å²) >= 11 is 0. The van der Waals surface area contributed by atoms with Gasteiger partial charge in [-0.3, -0.25) is 4.79 Å². The molecular formula is C30H43ClF2N6O2. The van der Waals surface area contributed by atoms with Gasteiger partial charge in [-0.15, -0.1) is 12.4 Å². The summed E-state index contributed by atoms with van der Waals surface area (Å²) in [6.07, 6.45) is 6.31. The number of likely N-dealkylation sites (tertiary alicyclic amines) is 1. The van der Waals surface area contributed by atoms with Gasteiger partial charge in [0.2, 0.25) is 0 Å². The molecule has 2 aromatic rings. The molecule has 1 aromatic carbocycles. The lowest BCUT2D eigenvalue weighted by Crippen LogP contribution is -2.61. The number of hydrogen-bond donors (Lipinski definition) is 1. The zero-order valence-electron chi connectivity index (χ0n) is 24.5. The number of carbonyl (C=O) groups is 1. The van der Waals surface area contributed by atoms with Gasteiger partial charge >= 0.3 is 0 Å². The number of nitrogens with one attached hydrogen (secondary N) is 1. The highest BCUT2D eigenvalue weighted by atomic mass is 35.5. The second-order valence-electron chi connectivity index (χ2n) is 12.4. The summed E-state index contributed by atoms with van der Waals surface area (Å²) in [4.78, 5) is 28.3. The molecule has 1 aromatic heterocycles. The van der Waals surface area contributed by atoms with Crippen LogP contribution in [0.1, 0.15) is 63.7 Å². The molecule has 3 aliphatic rings. The minimum atomic E-state index is -1.07. The molecule has 4 heterocycles. The van der Waals surface area contributed by atoms with E-state index >= 15 is 4.39 Å². The molecule has 226 valence electrons. The Hall–Kier alpha value is -2.56. The molecule has 3 aliphatic heterocycles. The van der Waals surface area contributed by atoms with Crippen molar-refractivity contribution in [2.45, 2.75) is 71.1 Å². The van der Waals surface area contributed by atoms with Crippen molar-refractivity contribution >= 4 is 24.1 Å². The molecular weight excluding hydrogens is 550 g/mol. The first-order valence-corrected chi connectivity index (χ1v) is 14.6. The Bertz CT molecular complexity index is 1190. The Morgan fingerprint density at radius 1 is 1.07 bits per heavy atom. The molecule has 3 saturated heterocycles. The van der Waals surface area contributed by atoms with Crippen LogP contribution >= 0.6 is 12.4 Å². The Morgan fingerprint density at radius 3 is 2.37 bits per heavy atom. The number of hydrogen-bond acceptors (Lipinski definition) is 7. The predicted octanol–water partition coefficient (Wildman–Crippen LogP) is 5.08. The highest BCUT2D eigenvalue weighted by Crippen LogP contribution is 2.45. The maximum atomic E-state index is 15.2. The second-order valence-corrected chi connectivity index (χ2v) is 12.4. The number of piperidine rings is 2. The number of anilines is 1. The van der Waals surface area contributed by atoms with Crippen molar-refractivity contribution in [3.8, 4) is 11.5 Å². The lowest BCUT2D eigenvalue weighted by atomic mass is 9.71. The van der Waals surface area contributed by atoms with E-state index in [9.17, 15) is 9.18 Å². The molecule has 3 fully saturated rings. The second kappa shape index (κ2) is 12.8. The molecule has 0 saturated carbocycles. The fourth-order valence-corrected chi connectivity index (χ4v) is 6.55. The summed E-state index contributed by atoms with van der Waals surface area (Å²) in [7, 11) is 0. The van der Waals surface area contributed by atoms with Crippen LogP contribution in [0.3, 0.4) is 0 Å². The van der Waals surface area contributed by atoms with Gasteiger partial charge in [-0.05, 0) is 97.8 Å². The van der Waals surface area contributed by atoms with Crippen LogP contribution in [0, 0.1) is 11.2 Å². The molecule has 5 rings (SSSR count). The van der Waals surface area contributed by atoms with Crippen LogP contribution in [-0.2, 0) is 0 Å². The lowest BCUT2D eigenvalue weighted by molar-refractivity contribution is 0.0174. The van der Waals surface area contributed by atoms with Crippen molar-refractivity contribution in [2.75, 3.05) is 50.7 Å². The van der Waals surface area contributed by atoms with E-state index in [-0.39, 0.29) is 47.1 Å². The van der Waals surface area contributed by atoms with Gasteiger partial charge in [-0.1, -0.05) is 0 Å². The van der Waals surface area contributed by atoms with Gasteiger partial charge < -0.3 is 24.8 Å². The summed E-state index contributed by atoms with van der Waals surface area (Å²) in [5.41, 5.74) is -0.720. The van der Waals surface area contributed by atoms with Crippen LogP contribution in [0.2, 0.25) is 0 Å². The molecule has 41 heavy (non-hydrogen) atoms. The van der Waals surface area contributed by atoms with E-state index in [0.717, 1.165) is 52.1 Å². The van der Waals surface area contributed by atoms with E-state index in [1.165, 1.54) is 24.5 Å². The highest BCUT2D eigenvalue weighted by molar-refractivity contribution is 5.97. The van der Waals surface area contributed by atoms with Gasteiger partial charge in [-0.25, -0.2) is 18.7 Å². The first-order valence-electron chi connectivity index (χ1n) is 14.6. The van der Waals surface area contributed by atoms with Gasteiger partial charge in [0.1, 0.15) is 23.6 Å². The molecule has 1 spiro atoms. The van der Waals surface area contributed by atoms with Crippen molar-refractivity contribution < 1.29 is 18.3 Å². The van der Waals surface area contributed by atoms with Gasteiger partial charge in [0, 0.05) is 37.1 Å². The van der Waals surface area contributed by atoms with Gasteiger partial charge in [0.05, 0.1) is 11.8 Å². The van der Waals surface area contributed by atoms with Crippen LogP contribution in [0.25, 0.3) is 0 Å². The summed E-state index contributed by atoms with van der Waals surface area (Å²) in [6.45, 7) is 13.3. The Kier molecular flexibility index (Phi) is 9.76. The fourth-order valence-electron chi connectivity index (χ4n) is 6.55. The third-order valence-corrected chi connectivity index (χ3v) is 8.67. The molecule has 0 atom stereocenters. The number of alkyl halides is 1. The van der Waals surface area contributed by atoms with Crippen LogP contribution in [0.15, 0.2) is 30.7 Å². The number of ether oxygens (including phenoxy) is 1. The van der Waals surface area contributed by atoms with Crippen LogP contribution in [0.4, 0.5) is 14.6 Å². The molecule has 1 N–H and O–H groups in total. The Morgan fingerprint density at radius 2 is 1.73 bits per heavy atom. The molecule has 0 unspecified atom stereocenters. The minimum Gasteiger partial charge on any atom is -0.451 e. The zero-order chi connectivity index (χ0) is 28.5. The van der Waals surface area contributed by atoms with Crippen molar-refractivity contribution in [1.29, 1.82) is 0 Å². The lowest BCUT2D eigenvalue weighted by Gasteiger charge is -2.55. The summed E-state index contributed by atoms with van der Waals surface area (Å²) in [5, 5.41) is 3.25.